The second kappa shape index (κ2) is 5.32. The maximum absolute atomic E-state index is 8.80. The van der Waals surface area contributed by atoms with E-state index >= 15 is 0 Å². The number of aromatic nitrogens is 2. The van der Waals surface area contributed by atoms with Gasteiger partial charge in [0.25, 0.3) is 0 Å². The van der Waals surface area contributed by atoms with E-state index in [1.807, 2.05) is 13.8 Å². The van der Waals surface area contributed by atoms with Gasteiger partial charge < -0.3 is 0 Å². The first-order chi connectivity index (χ1) is 6.64. The monoisotopic (exact) mass is 227 g/mol. The summed E-state index contributed by atoms with van der Waals surface area (Å²) in [6.07, 6.45) is 1.99. The van der Waals surface area contributed by atoms with Gasteiger partial charge in [0.1, 0.15) is 5.51 Å². The van der Waals surface area contributed by atoms with Gasteiger partial charge in [0.2, 0.25) is 0 Å². The van der Waals surface area contributed by atoms with E-state index in [2.05, 4.69) is 16.3 Å². The summed E-state index contributed by atoms with van der Waals surface area (Å²) in [6, 6.07) is 2.30. The molecule has 14 heavy (non-hydrogen) atoms. The molecule has 1 aromatic heterocycles. The molecule has 0 fully saturated rings. The first-order valence-corrected chi connectivity index (χ1v) is 6.31. The maximum atomic E-state index is 8.80. The Bertz CT molecular complexity index is 300. The van der Waals surface area contributed by atoms with E-state index in [0.717, 1.165) is 22.9 Å². The lowest BCUT2D eigenvalue weighted by atomic mass is 9.90. The molecule has 0 spiro atoms. The second-order valence-corrected chi connectivity index (χ2v) is 5.83. The van der Waals surface area contributed by atoms with Gasteiger partial charge >= 0.3 is 0 Å². The Morgan fingerprint density at radius 3 is 3.00 bits per heavy atom. The number of hydrogen-bond acceptors (Lipinski definition) is 5. The molecule has 0 radical (unpaired) electrons. The number of nitriles is 1. The molecule has 1 aromatic rings. The van der Waals surface area contributed by atoms with E-state index < -0.39 is 0 Å². The van der Waals surface area contributed by atoms with Crippen molar-refractivity contribution in [2.45, 2.75) is 31.0 Å². The van der Waals surface area contributed by atoms with Crippen molar-refractivity contribution in [1.82, 2.24) is 10.2 Å². The third kappa shape index (κ3) is 4.07. The Labute approximate surface area is 92.5 Å². The van der Waals surface area contributed by atoms with Gasteiger partial charge in [0.05, 0.1) is 11.5 Å². The lowest BCUT2D eigenvalue weighted by Gasteiger charge is -2.13. The van der Waals surface area contributed by atoms with Crippen molar-refractivity contribution in [3.63, 3.8) is 0 Å². The first kappa shape index (κ1) is 11.5. The lowest BCUT2D eigenvalue weighted by molar-refractivity contribution is 0.448. The van der Waals surface area contributed by atoms with Crippen LogP contribution in [0.25, 0.3) is 0 Å². The van der Waals surface area contributed by atoms with Gasteiger partial charge in [-0.05, 0) is 26.7 Å². The van der Waals surface area contributed by atoms with Crippen molar-refractivity contribution in [3.05, 3.63) is 5.51 Å². The molecule has 1 heterocycles. The van der Waals surface area contributed by atoms with Crippen molar-refractivity contribution in [2.24, 2.45) is 5.41 Å². The largest absolute Gasteiger partial charge is 0.198 e. The average molecular weight is 227 g/mol. The molecular weight excluding hydrogens is 214 g/mol. The SMILES string of the molecule is CC(C)(C#N)CCCSc1nncs1. The maximum Gasteiger partial charge on any atom is 0.174 e. The zero-order chi connectivity index (χ0) is 10.4. The number of nitrogens with zero attached hydrogens (tertiary/aromatic N) is 3. The molecule has 0 saturated carbocycles. The molecule has 3 nitrogen and oxygen atoms in total. The summed E-state index contributed by atoms with van der Waals surface area (Å²) in [6.45, 7) is 3.95. The molecular formula is C9H13N3S2. The van der Waals surface area contributed by atoms with E-state index in [1.165, 1.54) is 0 Å². The van der Waals surface area contributed by atoms with Crippen LogP contribution in [0.1, 0.15) is 26.7 Å². The lowest BCUT2D eigenvalue weighted by Crippen LogP contribution is -2.07. The molecule has 0 atom stereocenters. The highest BCUT2D eigenvalue weighted by Crippen LogP contribution is 2.25. The summed E-state index contributed by atoms with van der Waals surface area (Å²) in [5.41, 5.74) is 1.54. The topological polar surface area (TPSA) is 49.6 Å². The van der Waals surface area contributed by atoms with Crippen LogP contribution in [0.15, 0.2) is 9.85 Å². The highest BCUT2D eigenvalue weighted by atomic mass is 32.2. The molecule has 0 N–H and O–H groups in total. The molecule has 0 bridgehead atoms. The predicted molar refractivity (Wildman–Crippen MR) is 59.3 cm³/mol. The Hall–Kier alpha value is -0.600. The van der Waals surface area contributed by atoms with Crippen LogP contribution in [0.5, 0.6) is 0 Å². The van der Waals surface area contributed by atoms with Crippen LogP contribution in [0.3, 0.4) is 0 Å². The molecule has 0 saturated heterocycles. The smallest absolute Gasteiger partial charge is 0.174 e. The van der Waals surface area contributed by atoms with E-state index in [-0.39, 0.29) is 5.41 Å². The van der Waals surface area contributed by atoms with Crippen molar-refractivity contribution >= 4 is 23.1 Å². The van der Waals surface area contributed by atoms with Crippen LogP contribution < -0.4 is 0 Å². The van der Waals surface area contributed by atoms with Gasteiger partial charge in [-0.25, -0.2) is 0 Å². The third-order valence-electron chi connectivity index (χ3n) is 1.81. The normalized spacial score (nSPS) is 11.2. The van der Waals surface area contributed by atoms with Crippen molar-refractivity contribution in [2.75, 3.05) is 5.75 Å². The summed E-state index contributed by atoms with van der Waals surface area (Å²) < 4.78 is 1.01. The highest BCUT2D eigenvalue weighted by Gasteiger charge is 2.15. The van der Waals surface area contributed by atoms with Gasteiger partial charge in [0, 0.05) is 5.75 Å². The van der Waals surface area contributed by atoms with Crippen molar-refractivity contribution < 1.29 is 0 Å². The zero-order valence-electron chi connectivity index (χ0n) is 8.36. The van der Waals surface area contributed by atoms with Gasteiger partial charge in [0.15, 0.2) is 4.34 Å². The van der Waals surface area contributed by atoms with E-state index in [4.69, 9.17) is 5.26 Å². The van der Waals surface area contributed by atoms with Gasteiger partial charge in [-0.2, -0.15) is 5.26 Å². The minimum absolute atomic E-state index is 0.193. The first-order valence-electron chi connectivity index (χ1n) is 4.44. The van der Waals surface area contributed by atoms with Crippen LogP contribution in [-0.4, -0.2) is 16.0 Å². The molecule has 1 rings (SSSR count). The van der Waals surface area contributed by atoms with Gasteiger partial charge in [-0.15, -0.1) is 10.2 Å². The molecule has 0 aromatic carbocycles. The van der Waals surface area contributed by atoms with Crippen LogP contribution >= 0.6 is 23.1 Å². The predicted octanol–water partition coefficient (Wildman–Crippen LogP) is 2.96. The van der Waals surface area contributed by atoms with Crippen LogP contribution in [-0.2, 0) is 0 Å². The summed E-state index contributed by atoms with van der Waals surface area (Å²) in [5.74, 6) is 1.01. The Kier molecular flexibility index (Phi) is 4.36. The second-order valence-electron chi connectivity index (χ2n) is 3.65. The molecule has 0 aliphatic carbocycles. The van der Waals surface area contributed by atoms with Gasteiger partial charge in [-0.3, -0.25) is 0 Å². The summed E-state index contributed by atoms with van der Waals surface area (Å²) >= 11 is 3.28. The van der Waals surface area contributed by atoms with E-state index in [9.17, 15) is 0 Å². The Morgan fingerprint density at radius 2 is 2.43 bits per heavy atom. The van der Waals surface area contributed by atoms with Crippen LogP contribution in [0, 0.1) is 16.7 Å². The molecule has 0 aliphatic heterocycles. The molecule has 0 amide bonds. The number of rotatable bonds is 5. The van der Waals surface area contributed by atoms with Crippen molar-refractivity contribution in [3.8, 4) is 6.07 Å². The quantitative estimate of drug-likeness (QED) is 0.573. The molecule has 76 valence electrons. The Morgan fingerprint density at radius 1 is 1.64 bits per heavy atom. The fourth-order valence-corrected chi connectivity index (χ4v) is 2.45. The molecule has 0 aliphatic rings. The van der Waals surface area contributed by atoms with E-state index in [1.54, 1.807) is 28.6 Å². The summed E-state index contributed by atoms with van der Waals surface area (Å²) in [7, 11) is 0. The fourth-order valence-electron chi connectivity index (χ4n) is 0.955. The third-order valence-corrected chi connectivity index (χ3v) is 3.76. The van der Waals surface area contributed by atoms with Crippen molar-refractivity contribution in [1.29, 1.82) is 5.26 Å². The average Bonchev–Trinajstić information content (AvgIpc) is 2.65. The number of thioether (sulfide) groups is 1. The Balaban J connectivity index is 2.15. The fraction of sp³-hybridized carbons (Fsp3) is 0.667. The zero-order valence-corrected chi connectivity index (χ0v) is 9.99. The highest BCUT2D eigenvalue weighted by molar-refractivity contribution is 8.00. The summed E-state index contributed by atoms with van der Waals surface area (Å²) in [5, 5.41) is 16.5. The molecule has 0 unspecified atom stereocenters. The number of hydrogen-bond donors (Lipinski definition) is 0. The van der Waals surface area contributed by atoms with Crippen LogP contribution in [0.2, 0.25) is 0 Å². The minimum atomic E-state index is -0.193. The minimum Gasteiger partial charge on any atom is -0.198 e. The van der Waals surface area contributed by atoms with Gasteiger partial charge in [-0.1, -0.05) is 23.1 Å². The summed E-state index contributed by atoms with van der Waals surface area (Å²) in [4.78, 5) is 0. The molecule has 5 heteroatoms. The van der Waals surface area contributed by atoms with Crippen LogP contribution in [0.4, 0.5) is 0 Å². The standard InChI is InChI=1S/C9H13N3S2/c1-9(2,6-10)4-3-5-13-8-12-11-7-14-8/h7H,3-5H2,1-2H3. The van der Waals surface area contributed by atoms with E-state index in [0.29, 0.717) is 0 Å².